The topological polar surface area (TPSA) is 75.4 Å². The molecule has 2 N–H and O–H groups in total. The maximum Gasteiger partial charge on any atom is 0.231 e. The smallest absolute Gasteiger partial charge is 0.231 e. The first-order valence-corrected chi connectivity index (χ1v) is 7.76. The second-order valence-electron chi connectivity index (χ2n) is 6.93. The molecule has 0 bridgehead atoms. The van der Waals surface area contributed by atoms with E-state index < -0.39 is 5.41 Å². The summed E-state index contributed by atoms with van der Waals surface area (Å²) in [6.45, 7) is 7.50. The Morgan fingerprint density at radius 2 is 1.92 bits per heavy atom. The Labute approximate surface area is 140 Å². The second kappa shape index (κ2) is 5.67. The first-order chi connectivity index (χ1) is 11.2. The number of carbonyl (C=O) groups is 1. The molecular weight excluding hydrogens is 304 g/mol. The highest BCUT2D eigenvalue weighted by atomic mass is 16.3. The van der Waals surface area contributed by atoms with Crippen molar-refractivity contribution in [2.75, 3.05) is 5.32 Å². The van der Waals surface area contributed by atoms with Crippen molar-refractivity contribution in [2.45, 2.75) is 27.7 Å². The van der Waals surface area contributed by atoms with Gasteiger partial charge in [0.25, 0.3) is 0 Å². The van der Waals surface area contributed by atoms with Gasteiger partial charge in [0.2, 0.25) is 11.8 Å². The van der Waals surface area contributed by atoms with Crippen molar-refractivity contribution in [3.8, 4) is 17.2 Å². The molecule has 0 aliphatic rings. The van der Waals surface area contributed by atoms with Crippen LogP contribution in [0.4, 0.5) is 5.69 Å². The maximum atomic E-state index is 12.1. The molecule has 0 spiro atoms. The van der Waals surface area contributed by atoms with Gasteiger partial charge >= 0.3 is 0 Å². The summed E-state index contributed by atoms with van der Waals surface area (Å²) in [7, 11) is 0. The van der Waals surface area contributed by atoms with Crippen LogP contribution in [-0.2, 0) is 4.79 Å². The van der Waals surface area contributed by atoms with Crippen molar-refractivity contribution in [3.05, 3.63) is 42.0 Å². The minimum Gasteiger partial charge on any atom is -0.507 e. The van der Waals surface area contributed by atoms with Crippen LogP contribution in [0.3, 0.4) is 0 Å². The van der Waals surface area contributed by atoms with E-state index >= 15 is 0 Å². The van der Waals surface area contributed by atoms with E-state index in [1.165, 1.54) is 6.07 Å². The lowest BCUT2D eigenvalue weighted by atomic mass is 9.95. The second-order valence-corrected chi connectivity index (χ2v) is 6.93. The molecule has 0 atom stereocenters. The van der Waals surface area contributed by atoms with Gasteiger partial charge in [0.1, 0.15) is 11.3 Å². The van der Waals surface area contributed by atoms with Crippen molar-refractivity contribution in [1.82, 2.24) is 4.98 Å². The average molecular weight is 324 g/mol. The van der Waals surface area contributed by atoms with Gasteiger partial charge in [0.15, 0.2) is 5.58 Å². The number of benzene rings is 2. The molecular formula is C19H20N2O3. The van der Waals surface area contributed by atoms with Crippen molar-refractivity contribution < 1.29 is 14.3 Å². The predicted octanol–water partition coefficient (Wildman–Crippen LogP) is 4.49. The van der Waals surface area contributed by atoms with Crippen LogP contribution in [0.15, 0.2) is 40.8 Å². The standard InChI is InChI=1S/C19H20N2O3/c1-11-5-8-16-14(9-11)21-17(24-16)13-10-12(6-7-15(13)22)20-18(23)19(2,3)4/h5-10,22H,1-4H3,(H,20,23). The van der Waals surface area contributed by atoms with Crippen LogP contribution in [-0.4, -0.2) is 16.0 Å². The van der Waals surface area contributed by atoms with E-state index in [1.54, 1.807) is 12.1 Å². The molecule has 0 saturated heterocycles. The number of nitrogens with zero attached hydrogens (tertiary/aromatic N) is 1. The molecule has 0 aliphatic carbocycles. The van der Waals surface area contributed by atoms with E-state index in [0.29, 0.717) is 22.7 Å². The van der Waals surface area contributed by atoms with Crippen molar-refractivity contribution in [3.63, 3.8) is 0 Å². The van der Waals surface area contributed by atoms with Gasteiger partial charge in [-0.2, -0.15) is 0 Å². The third-order valence-electron chi connectivity index (χ3n) is 3.71. The Bertz CT molecular complexity index is 920. The van der Waals surface area contributed by atoms with Crippen LogP contribution in [0.1, 0.15) is 26.3 Å². The Hall–Kier alpha value is -2.82. The molecule has 5 nitrogen and oxygen atoms in total. The zero-order valence-electron chi connectivity index (χ0n) is 14.2. The van der Waals surface area contributed by atoms with Crippen molar-refractivity contribution in [1.29, 1.82) is 0 Å². The zero-order chi connectivity index (χ0) is 17.5. The number of carbonyl (C=O) groups excluding carboxylic acids is 1. The number of phenols is 1. The Kier molecular flexibility index (Phi) is 3.79. The quantitative estimate of drug-likeness (QED) is 0.681. The molecule has 1 heterocycles. The van der Waals surface area contributed by atoms with E-state index in [0.717, 1.165) is 11.1 Å². The molecule has 3 rings (SSSR count). The number of hydrogen-bond acceptors (Lipinski definition) is 4. The van der Waals surface area contributed by atoms with Gasteiger partial charge < -0.3 is 14.8 Å². The van der Waals surface area contributed by atoms with Crippen molar-refractivity contribution in [2.24, 2.45) is 5.41 Å². The van der Waals surface area contributed by atoms with Gasteiger partial charge in [-0.3, -0.25) is 4.79 Å². The minimum atomic E-state index is -0.507. The number of aromatic nitrogens is 1. The molecule has 124 valence electrons. The third kappa shape index (κ3) is 3.11. The molecule has 3 aromatic rings. The van der Waals surface area contributed by atoms with Crippen LogP contribution < -0.4 is 5.32 Å². The molecule has 0 radical (unpaired) electrons. The average Bonchev–Trinajstić information content (AvgIpc) is 2.90. The lowest BCUT2D eigenvalue weighted by Gasteiger charge is -2.18. The highest BCUT2D eigenvalue weighted by Crippen LogP contribution is 2.33. The van der Waals surface area contributed by atoms with E-state index in [4.69, 9.17) is 4.42 Å². The van der Waals surface area contributed by atoms with E-state index in [9.17, 15) is 9.90 Å². The number of nitrogens with one attached hydrogen (secondary N) is 1. The van der Waals surface area contributed by atoms with Gasteiger partial charge in [-0.15, -0.1) is 0 Å². The molecule has 1 aromatic heterocycles. The lowest BCUT2D eigenvalue weighted by molar-refractivity contribution is -0.123. The summed E-state index contributed by atoms with van der Waals surface area (Å²) >= 11 is 0. The summed E-state index contributed by atoms with van der Waals surface area (Å²) in [6, 6.07) is 10.5. The molecule has 0 unspecified atom stereocenters. The molecule has 1 amide bonds. The fraction of sp³-hybridized carbons (Fsp3) is 0.263. The zero-order valence-corrected chi connectivity index (χ0v) is 14.2. The number of aryl methyl sites for hydroxylation is 1. The van der Waals surface area contributed by atoms with E-state index in [1.807, 2.05) is 45.9 Å². The van der Waals surface area contributed by atoms with Crippen LogP contribution in [0, 0.1) is 12.3 Å². The third-order valence-corrected chi connectivity index (χ3v) is 3.71. The number of phenolic OH excluding ortho intramolecular Hbond substituents is 1. The SMILES string of the molecule is Cc1ccc2oc(-c3cc(NC(=O)C(C)(C)C)ccc3O)nc2c1. The van der Waals surface area contributed by atoms with Gasteiger partial charge in [0.05, 0.1) is 5.56 Å². The number of oxazole rings is 1. The van der Waals surface area contributed by atoms with Gasteiger partial charge in [-0.05, 0) is 42.8 Å². The summed E-state index contributed by atoms with van der Waals surface area (Å²) in [5.74, 6) is 0.263. The number of aromatic hydroxyl groups is 1. The molecule has 0 saturated carbocycles. The minimum absolute atomic E-state index is 0.0482. The van der Waals surface area contributed by atoms with E-state index in [2.05, 4.69) is 10.3 Å². The summed E-state index contributed by atoms with van der Waals surface area (Å²) < 4.78 is 5.73. The highest BCUT2D eigenvalue weighted by molar-refractivity contribution is 5.95. The van der Waals surface area contributed by atoms with Crippen LogP contribution in [0.25, 0.3) is 22.6 Å². The van der Waals surface area contributed by atoms with Crippen molar-refractivity contribution >= 4 is 22.7 Å². The molecule has 5 heteroatoms. The summed E-state index contributed by atoms with van der Waals surface area (Å²) in [4.78, 5) is 16.6. The molecule has 2 aromatic carbocycles. The first-order valence-electron chi connectivity index (χ1n) is 7.76. The first kappa shape index (κ1) is 16.1. The fourth-order valence-electron chi connectivity index (χ4n) is 2.26. The van der Waals surface area contributed by atoms with E-state index in [-0.39, 0.29) is 11.7 Å². The molecule has 0 fully saturated rings. The number of anilines is 1. The Morgan fingerprint density at radius 1 is 1.17 bits per heavy atom. The summed E-state index contributed by atoms with van der Waals surface area (Å²) in [6.07, 6.45) is 0. The number of fused-ring (bicyclic) bond motifs is 1. The number of hydrogen-bond donors (Lipinski definition) is 2. The monoisotopic (exact) mass is 324 g/mol. The lowest BCUT2D eigenvalue weighted by Crippen LogP contribution is -2.27. The Balaban J connectivity index is 2.00. The highest BCUT2D eigenvalue weighted by Gasteiger charge is 2.22. The molecule has 0 aliphatic heterocycles. The van der Waals surface area contributed by atoms with Gasteiger partial charge in [0, 0.05) is 11.1 Å². The normalized spacial score (nSPS) is 11.7. The predicted molar refractivity (Wildman–Crippen MR) is 93.9 cm³/mol. The van der Waals surface area contributed by atoms with Crippen LogP contribution in [0.5, 0.6) is 5.75 Å². The number of rotatable bonds is 2. The number of amides is 1. The maximum absolute atomic E-state index is 12.1. The van der Waals surface area contributed by atoms with Gasteiger partial charge in [-0.25, -0.2) is 4.98 Å². The fourth-order valence-corrected chi connectivity index (χ4v) is 2.26. The Morgan fingerprint density at radius 3 is 2.62 bits per heavy atom. The largest absolute Gasteiger partial charge is 0.507 e. The van der Waals surface area contributed by atoms with Crippen LogP contribution in [0.2, 0.25) is 0 Å². The molecule has 24 heavy (non-hydrogen) atoms. The van der Waals surface area contributed by atoms with Gasteiger partial charge in [-0.1, -0.05) is 26.8 Å². The summed E-state index contributed by atoms with van der Waals surface area (Å²) in [5.41, 5.74) is 2.98. The van der Waals surface area contributed by atoms with Crippen LogP contribution >= 0.6 is 0 Å². The summed E-state index contributed by atoms with van der Waals surface area (Å²) in [5, 5.41) is 13.0.